The Morgan fingerprint density at radius 2 is 1.96 bits per heavy atom. The minimum atomic E-state index is -0.504. The molecule has 2 heterocycles. The molecule has 6 nitrogen and oxygen atoms in total. The number of amides is 1. The molecule has 2 aromatic heterocycles. The van der Waals surface area contributed by atoms with Crippen molar-refractivity contribution in [3.05, 3.63) is 65.4 Å². The number of H-pyrrole nitrogens is 1. The van der Waals surface area contributed by atoms with Gasteiger partial charge in [0, 0.05) is 11.2 Å². The second-order valence-corrected chi connectivity index (χ2v) is 5.74. The maximum absolute atomic E-state index is 11.5. The molecule has 0 radical (unpaired) electrons. The van der Waals surface area contributed by atoms with Gasteiger partial charge in [0.25, 0.3) is 5.91 Å². The van der Waals surface area contributed by atoms with E-state index in [0.717, 1.165) is 16.8 Å². The van der Waals surface area contributed by atoms with Crippen LogP contribution in [0.25, 0.3) is 28.1 Å². The first kappa shape index (κ1) is 14.5. The average Bonchev–Trinajstić information content (AvgIpc) is 3.21. The molecule has 0 unspecified atom stereocenters. The van der Waals surface area contributed by atoms with Crippen LogP contribution >= 0.6 is 11.6 Å². The Bertz CT molecular complexity index is 1050. The number of carbonyl (C=O) groups is 1. The van der Waals surface area contributed by atoms with Crippen LogP contribution in [0.2, 0.25) is 5.02 Å². The molecule has 0 fully saturated rings. The average molecular weight is 338 g/mol. The van der Waals surface area contributed by atoms with Crippen molar-refractivity contribution in [3.8, 4) is 17.1 Å². The highest BCUT2D eigenvalue weighted by atomic mass is 35.5. The van der Waals surface area contributed by atoms with E-state index in [0.29, 0.717) is 21.9 Å². The number of aromatic nitrogens is 4. The van der Waals surface area contributed by atoms with Crippen molar-refractivity contribution in [1.29, 1.82) is 0 Å². The molecular formula is C17H12ClN5O. The number of nitrogens with zero attached hydrogens (tertiary/aromatic N) is 3. The van der Waals surface area contributed by atoms with E-state index in [2.05, 4.69) is 15.1 Å². The molecule has 4 rings (SSSR count). The number of fused-ring (bicyclic) bond motifs is 1. The van der Waals surface area contributed by atoms with Gasteiger partial charge in [-0.2, -0.15) is 5.10 Å². The van der Waals surface area contributed by atoms with Gasteiger partial charge in [0.15, 0.2) is 0 Å². The first-order valence-corrected chi connectivity index (χ1v) is 7.59. The van der Waals surface area contributed by atoms with Crippen LogP contribution in [0.5, 0.6) is 0 Å². The molecular weight excluding hydrogens is 326 g/mol. The Balaban J connectivity index is 1.77. The van der Waals surface area contributed by atoms with Crippen molar-refractivity contribution in [2.75, 3.05) is 0 Å². The summed E-state index contributed by atoms with van der Waals surface area (Å²) < 4.78 is 1.73. The number of nitrogens with two attached hydrogens (primary N) is 1. The van der Waals surface area contributed by atoms with Crippen molar-refractivity contribution < 1.29 is 4.79 Å². The molecule has 1 amide bonds. The number of carbonyl (C=O) groups excluding carboxylic acids is 1. The summed E-state index contributed by atoms with van der Waals surface area (Å²) in [5.41, 5.74) is 8.79. The highest BCUT2D eigenvalue weighted by molar-refractivity contribution is 6.30. The highest BCUT2D eigenvalue weighted by Crippen LogP contribution is 2.23. The van der Waals surface area contributed by atoms with Crippen LogP contribution in [0, 0.1) is 0 Å². The quantitative estimate of drug-likeness (QED) is 0.601. The van der Waals surface area contributed by atoms with Crippen LogP contribution < -0.4 is 5.73 Å². The molecule has 24 heavy (non-hydrogen) atoms. The van der Waals surface area contributed by atoms with Gasteiger partial charge >= 0.3 is 0 Å². The minimum Gasteiger partial charge on any atom is -0.366 e. The highest BCUT2D eigenvalue weighted by Gasteiger charge is 2.13. The van der Waals surface area contributed by atoms with Crippen LogP contribution in [0.1, 0.15) is 10.4 Å². The van der Waals surface area contributed by atoms with Gasteiger partial charge in [0.2, 0.25) is 0 Å². The summed E-state index contributed by atoms with van der Waals surface area (Å²) >= 11 is 5.90. The lowest BCUT2D eigenvalue weighted by Gasteiger charge is -1.99. The van der Waals surface area contributed by atoms with E-state index in [-0.39, 0.29) is 0 Å². The standard InChI is InChI=1S/C17H12ClN5O/c18-11-4-6-12(7-5-11)23-9-10(8-20-23)17-21-14-3-1-2-13(16(19)24)15(14)22-17/h1-9H,(H2,19,24)(H,21,22). The number of halogens is 1. The lowest BCUT2D eigenvalue weighted by molar-refractivity contribution is 0.100. The maximum Gasteiger partial charge on any atom is 0.250 e. The fraction of sp³-hybridized carbons (Fsp3) is 0. The van der Waals surface area contributed by atoms with Gasteiger partial charge in [0.05, 0.1) is 28.5 Å². The number of para-hydroxylation sites is 1. The third-order valence-corrected chi connectivity index (χ3v) is 3.98. The third-order valence-electron chi connectivity index (χ3n) is 3.73. The Hall–Kier alpha value is -3.12. The molecule has 3 N–H and O–H groups in total. The lowest BCUT2D eigenvalue weighted by Crippen LogP contribution is -2.11. The van der Waals surface area contributed by atoms with Gasteiger partial charge in [-0.15, -0.1) is 0 Å². The lowest BCUT2D eigenvalue weighted by atomic mass is 10.2. The second-order valence-electron chi connectivity index (χ2n) is 5.30. The van der Waals surface area contributed by atoms with Gasteiger partial charge in [-0.25, -0.2) is 9.67 Å². The maximum atomic E-state index is 11.5. The van der Waals surface area contributed by atoms with Gasteiger partial charge in [0.1, 0.15) is 11.3 Å². The first-order chi connectivity index (χ1) is 11.6. The zero-order valence-electron chi connectivity index (χ0n) is 12.4. The van der Waals surface area contributed by atoms with Gasteiger partial charge in [-0.1, -0.05) is 17.7 Å². The molecule has 0 saturated carbocycles. The number of hydrogen-bond donors (Lipinski definition) is 2. The summed E-state index contributed by atoms with van der Waals surface area (Å²) in [5.74, 6) is 0.120. The van der Waals surface area contributed by atoms with Gasteiger partial charge in [-0.3, -0.25) is 4.79 Å². The molecule has 0 aliphatic heterocycles. The van der Waals surface area contributed by atoms with Crippen molar-refractivity contribution in [2.24, 2.45) is 5.73 Å². The Morgan fingerprint density at radius 1 is 1.17 bits per heavy atom. The zero-order chi connectivity index (χ0) is 16.7. The Kier molecular flexibility index (Phi) is 3.32. The predicted molar refractivity (Wildman–Crippen MR) is 92.2 cm³/mol. The van der Waals surface area contributed by atoms with Crippen LogP contribution in [0.3, 0.4) is 0 Å². The van der Waals surface area contributed by atoms with Crippen LogP contribution in [-0.4, -0.2) is 25.7 Å². The van der Waals surface area contributed by atoms with Gasteiger partial charge < -0.3 is 10.7 Å². The molecule has 2 aromatic carbocycles. The van der Waals surface area contributed by atoms with E-state index in [1.807, 2.05) is 24.4 Å². The Morgan fingerprint density at radius 3 is 2.71 bits per heavy atom. The topological polar surface area (TPSA) is 89.6 Å². The second kappa shape index (κ2) is 5.50. The van der Waals surface area contributed by atoms with E-state index in [9.17, 15) is 4.79 Å². The van der Waals surface area contributed by atoms with E-state index < -0.39 is 5.91 Å². The summed E-state index contributed by atoms with van der Waals surface area (Å²) in [4.78, 5) is 19.2. The number of hydrogen-bond acceptors (Lipinski definition) is 3. The van der Waals surface area contributed by atoms with Crippen molar-refractivity contribution in [3.63, 3.8) is 0 Å². The van der Waals surface area contributed by atoms with Crippen molar-refractivity contribution in [1.82, 2.24) is 19.7 Å². The van der Waals surface area contributed by atoms with E-state index in [1.54, 1.807) is 35.1 Å². The third kappa shape index (κ3) is 2.43. The fourth-order valence-corrected chi connectivity index (χ4v) is 2.67. The van der Waals surface area contributed by atoms with Crippen LogP contribution in [0.4, 0.5) is 0 Å². The van der Waals surface area contributed by atoms with Crippen LogP contribution in [-0.2, 0) is 0 Å². The summed E-state index contributed by atoms with van der Waals surface area (Å²) in [6, 6.07) is 12.6. The van der Waals surface area contributed by atoms with Crippen LogP contribution in [0.15, 0.2) is 54.9 Å². The first-order valence-electron chi connectivity index (χ1n) is 7.21. The van der Waals surface area contributed by atoms with Crippen molar-refractivity contribution >= 4 is 28.5 Å². The van der Waals surface area contributed by atoms with Gasteiger partial charge in [-0.05, 0) is 36.4 Å². The van der Waals surface area contributed by atoms with E-state index in [1.165, 1.54) is 0 Å². The monoisotopic (exact) mass is 337 g/mol. The number of nitrogens with one attached hydrogen (secondary N) is 1. The smallest absolute Gasteiger partial charge is 0.250 e. The molecule has 0 atom stereocenters. The molecule has 0 saturated heterocycles. The molecule has 0 aliphatic rings. The number of primary amides is 1. The minimum absolute atomic E-state index is 0.389. The molecule has 0 bridgehead atoms. The normalized spacial score (nSPS) is 11.0. The SMILES string of the molecule is NC(=O)c1cccc2[nH]c(-c3cnn(-c4ccc(Cl)cc4)c3)nc12. The van der Waals surface area contributed by atoms with Crippen molar-refractivity contribution in [2.45, 2.75) is 0 Å². The summed E-state index contributed by atoms with van der Waals surface area (Å²) in [7, 11) is 0. The summed E-state index contributed by atoms with van der Waals surface area (Å²) in [6.45, 7) is 0. The fourth-order valence-electron chi connectivity index (χ4n) is 2.55. The number of aromatic amines is 1. The number of benzene rings is 2. The van der Waals surface area contributed by atoms with E-state index >= 15 is 0 Å². The van der Waals surface area contributed by atoms with E-state index in [4.69, 9.17) is 17.3 Å². The summed E-state index contributed by atoms with van der Waals surface area (Å²) in [5, 5.41) is 5.01. The molecule has 4 aromatic rings. The number of rotatable bonds is 3. The summed E-state index contributed by atoms with van der Waals surface area (Å²) in [6.07, 6.45) is 3.56. The molecule has 118 valence electrons. The molecule has 7 heteroatoms. The number of imidazole rings is 1. The molecule has 0 spiro atoms. The Labute approximate surface area is 141 Å². The predicted octanol–water partition coefficient (Wildman–Crippen LogP) is 3.17. The zero-order valence-corrected chi connectivity index (χ0v) is 13.2. The largest absolute Gasteiger partial charge is 0.366 e. The molecule has 0 aliphatic carbocycles.